The molecule has 1 aromatic heterocycles. The largest absolute Gasteiger partial charge is 0.354 e. The fourth-order valence-corrected chi connectivity index (χ4v) is 4.35. The highest BCUT2D eigenvalue weighted by molar-refractivity contribution is 9.10. The molecule has 0 unspecified atom stereocenters. The second-order valence-corrected chi connectivity index (χ2v) is 8.29. The third kappa shape index (κ3) is 3.88. The van der Waals surface area contributed by atoms with Gasteiger partial charge in [0, 0.05) is 15.7 Å². The third-order valence-corrected chi connectivity index (χ3v) is 6.32. The van der Waals surface area contributed by atoms with Crippen LogP contribution in [0.2, 0.25) is 15.1 Å². The maximum atomic E-state index is 12.6. The Hall–Kier alpha value is -1.04. The lowest BCUT2D eigenvalue weighted by molar-refractivity contribution is 0.104. The Bertz CT molecular complexity index is 971. The molecule has 3 rings (SSSR count). The molecule has 2 aromatic carbocycles. The molecule has 1 N–H and O–H groups in total. The first-order valence-corrected chi connectivity index (χ1v) is 9.98. The second-order valence-electron chi connectivity index (χ2n) is 5.30. The summed E-state index contributed by atoms with van der Waals surface area (Å²) < 4.78 is 0.994. The molecule has 0 amide bonds. The van der Waals surface area contributed by atoms with Crippen LogP contribution < -0.4 is 5.32 Å². The van der Waals surface area contributed by atoms with E-state index in [0.717, 1.165) is 15.7 Å². The Morgan fingerprint density at radius 2 is 1.76 bits per heavy atom. The van der Waals surface area contributed by atoms with E-state index in [1.165, 1.54) is 11.3 Å². The molecule has 0 bridgehead atoms. The van der Waals surface area contributed by atoms with Gasteiger partial charge in [0.05, 0.1) is 25.6 Å². The van der Waals surface area contributed by atoms with Gasteiger partial charge in [0.2, 0.25) is 5.78 Å². The van der Waals surface area contributed by atoms with Crippen molar-refractivity contribution >= 4 is 79.2 Å². The molecule has 0 radical (unpaired) electrons. The van der Waals surface area contributed by atoms with Crippen LogP contribution in [0.4, 0.5) is 11.4 Å². The Kier molecular flexibility index (Phi) is 5.76. The predicted molar refractivity (Wildman–Crippen MR) is 111 cm³/mol. The maximum Gasteiger partial charge on any atom is 0.206 e. The van der Waals surface area contributed by atoms with Crippen molar-refractivity contribution in [3.05, 3.63) is 77.3 Å². The first-order valence-electron chi connectivity index (χ1n) is 7.17. The summed E-state index contributed by atoms with van der Waals surface area (Å²) in [5.74, 6) is -0.238. The van der Waals surface area contributed by atoms with E-state index >= 15 is 0 Å². The van der Waals surface area contributed by atoms with Gasteiger partial charge in [-0.25, -0.2) is 0 Å². The Labute approximate surface area is 172 Å². The number of aryl methyl sites for hydroxylation is 1. The fourth-order valence-electron chi connectivity index (χ4n) is 2.31. The summed E-state index contributed by atoms with van der Waals surface area (Å²) in [7, 11) is 0. The molecule has 0 aliphatic heterocycles. The van der Waals surface area contributed by atoms with Gasteiger partial charge in [-0.1, -0.05) is 50.7 Å². The molecule has 0 fully saturated rings. The fraction of sp³-hybridized carbons (Fsp3) is 0.0556. The molecule has 2 nitrogen and oxygen atoms in total. The van der Waals surface area contributed by atoms with E-state index in [1.54, 1.807) is 23.6 Å². The van der Waals surface area contributed by atoms with Gasteiger partial charge in [-0.2, -0.15) is 0 Å². The van der Waals surface area contributed by atoms with Crippen LogP contribution in [0.25, 0.3) is 0 Å². The molecule has 7 heteroatoms. The van der Waals surface area contributed by atoms with E-state index in [9.17, 15) is 4.79 Å². The SMILES string of the molecule is Cc1cc(Br)ccc1Nc1ccc(C(=O)c2sccc2Cl)c(Cl)c1Cl. The van der Waals surface area contributed by atoms with Crippen molar-refractivity contribution in [2.45, 2.75) is 6.92 Å². The van der Waals surface area contributed by atoms with Crippen molar-refractivity contribution < 1.29 is 4.79 Å². The zero-order valence-corrected chi connectivity index (χ0v) is 17.5. The standard InChI is InChI=1S/C18H11BrCl3NOS/c1-9-8-10(19)2-4-13(9)23-14-5-3-11(15(21)16(14)22)17(24)18-12(20)6-7-25-18/h2-8,23H,1H3. The molecule has 128 valence electrons. The lowest BCUT2D eigenvalue weighted by Gasteiger charge is -2.14. The van der Waals surface area contributed by atoms with E-state index in [0.29, 0.717) is 26.2 Å². The number of rotatable bonds is 4. The molecule has 3 aromatic rings. The number of thiophene rings is 1. The van der Waals surface area contributed by atoms with E-state index in [1.807, 2.05) is 25.1 Å². The smallest absolute Gasteiger partial charge is 0.206 e. The Morgan fingerprint density at radius 3 is 2.40 bits per heavy atom. The first-order chi connectivity index (χ1) is 11.9. The zero-order chi connectivity index (χ0) is 18.1. The Morgan fingerprint density at radius 1 is 1.04 bits per heavy atom. The molecule has 1 heterocycles. The van der Waals surface area contributed by atoms with Crippen molar-refractivity contribution in [2.75, 3.05) is 5.32 Å². The number of carbonyl (C=O) groups excluding carboxylic acids is 1. The van der Waals surface area contributed by atoms with Crippen LogP contribution in [0, 0.1) is 6.92 Å². The average molecular weight is 476 g/mol. The third-order valence-electron chi connectivity index (χ3n) is 3.61. The number of hydrogen-bond acceptors (Lipinski definition) is 3. The lowest BCUT2D eigenvalue weighted by Crippen LogP contribution is -2.02. The average Bonchev–Trinajstić information content (AvgIpc) is 3.00. The Balaban J connectivity index is 1.95. The van der Waals surface area contributed by atoms with Gasteiger partial charge in [-0.3, -0.25) is 4.79 Å². The van der Waals surface area contributed by atoms with Crippen LogP contribution in [0.3, 0.4) is 0 Å². The van der Waals surface area contributed by atoms with Crippen molar-refractivity contribution in [3.8, 4) is 0 Å². The molecular formula is C18H11BrCl3NOS. The number of anilines is 2. The summed E-state index contributed by atoms with van der Waals surface area (Å²) in [6.45, 7) is 1.99. The molecular weight excluding hydrogens is 465 g/mol. The van der Waals surface area contributed by atoms with Crippen LogP contribution in [0.1, 0.15) is 20.8 Å². The first kappa shape index (κ1) is 18.7. The quantitative estimate of drug-likeness (QED) is 0.391. The normalized spacial score (nSPS) is 10.8. The van der Waals surface area contributed by atoms with Crippen LogP contribution in [-0.2, 0) is 0 Å². The number of benzene rings is 2. The number of carbonyl (C=O) groups is 1. The lowest BCUT2D eigenvalue weighted by atomic mass is 10.1. The van der Waals surface area contributed by atoms with Gasteiger partial charge in [0.15, 0.2) is 0 Å². The van der Waals surface area contributed by atoms with Crippen LogP contribution in [0.15, 0.2) is 46.3 Å². The molecule has 25 heavy (non-hydrogen) atoms. The van der Waals surface area contributed by atoms with Gasteiger partial charge in [0.25, 0.3) is 0 Å². The van der Waals surface area contributed by atoms with Crippen LogP contribution in [-0.4, -0.2) is 5.78 Å². The number of nitrogens with one attached hydrogen (secondary N) is 1. The summed E-state index contributed by atoms with van der Waals surface area (Å²) in [6.07, 6.45) is 0. The van der Waals surface area contributed by atoms with Crippen molar-refractivity contribution in [1.29, 1.82) is 0 Å². The number of ketones is 1. The maximum absolute atomic E-state index is 12.6. The molecule has 0 aliphatic carbocycles. The van der Waals surface area contributed by atoms with E-state index in [4.69, 9.17) is 34.8 Å². The molecule has 0 saturated carbocycles. The summed E-state index contributed by atoms with van der Waals surface area (Å²) in [6, 6.07) is 10.9. The van der Waals surface area contributed by atoms with Crippen molar-refractivity contribution in [2.24, 2.45) is 0 Å². The summed E-state index contributed by atoms with van der Waals surface area (Å²) in [5.41, 5.74) is 2.91. The zero-order valence-electron chi connectivity index (χ0n) is 12.9. The summed E-state index contributed by atoms with van der Waals surface area (Å²) in [4.78, 5) is 13.1. The highest BCUT2D eigenvalue weighted by atomic mass is 79.9. The number of halogens is 4. The number of hydrogen-bond donors (Lipinski definition) is 1. The van der Waals surface area contributed by atoms with Gasteiger partial charge >= 0.3 is 0 Å². The topological polar surface area (TPSA) is 29.1 Å². The predicted octanol–water partition coefficient (Wildman–Crippen LogP) is 7.75. The highest BCUT2D eigenvalue weighted by Crippen LogP contribution is 2.37. The van der Waals surface area contributed by atoms with E-state index < -0.39 is 0 Å². The molecule has 0 aliphatic rings. The van der Waals surface area contributed by atoms with Gasteiger partial charge in [0.1, 0.15) is 0 Å². The van der Waals surface area contributed by atoms with Crippen molar-refractivity contribution in [1.82, 2.24) is 0 Å². The minimum absolute atomic E-state index is 0.205. The van der Waals surface area contributed by atoms with E-state index in [-0.39, 0.29) is 10.8 Å². The highest BCUT2D eigenvalue weighted by Gasteiger charge is 2.20. The van der Waals surface area contributed by atoms with Gasteiger partial charge in [-0.05, 0) is 54.3 Å². The molecule has 0 spiro atoms. The van der Waals surface area contributed by atoms with E-state index in [2.05, 4.69) is 21.2 Å². The van der Waals surface area contributed by atoms with Gasteiger partial charge in [-0.15, -0.1) is 11.3 Å². The summed E-state index contributed by atoms with van der Waals surface area (Å²) in [5, 5.41) is 5.92. The van der Waals surface area contributed by atoms with Crippen LogP contribution in [0.5, 0.6) is 0 Å². The summed E-state index contributed by atoms with van der Waals surface area (Å²) >= 11 is 23.5. The second kappa shape index (κ2) is 7.68. The molecule has 0 saturated heterocycles. The minimum atomic E-state index is -0.238. The monoisotopic (exact) mass is 473 g/mol. The van der Waals surface area contributed by atoms with Crippen molar-refractivity contribution in [3.63, 3.8) is 0 Å². The van der Waals surface area contributed by atoms with Crippen LogP contribution >= 0.6 is 62.1 Å². The van der Waals surface area contributed by atoms with Gasteiger partial charge < -0.3 is 5.32 Å². The molecule has 0 atom stereocenters. The minimum Gasteiger partial charge on any atom is -0.354 e.